The molecule has 8 heteroatoms. The van der Waals surface area contributed by atoms with Crippen LogP contribution in [-0.4, -0.2) is 24.2 Å². The third kappa shape index (κ3) is 4.18. The summed E-state index contributed by atoms with van der Waals surface area (Å²) in [5, 5.41) is 3.95. The van der Waals surface area contributed by atoms with Gasteiger partial charge in [0.25, 0.3) is 0 Å². The van der Waals surface area contributed by atoms with E-state index in [1.807, 2.05) is 45.0 Å². The first kappa shape index (κ1) is 19.6. The van der Waals surface area contributed by atoms with Crippen LogP contribution in [0.25, 0.3) is 11.4 Å². The summed E-state index contributed by atoms with van der Waals surface area (Å²) in [6.45, 7) is 5.92. The van der Waals surface area contributed by atoms with Crippen LogP contribution in [-0.2, 0) is 23.0 Å². The van der Waals surface area contributed by atoms with E-state index in [-0.39, 0.29) is 22.9 Å². The van der Waals surface area contributed by atoms with Crippen molar-refractivity contribution < 1.29 is 17.7 Å². The normalized spacial score (nSPS) is 15.6. The molecule has 29 heavy (non-hydrogen) atoms. The highest BCUT2D eigenvalue weighted by Crippen LogP contribution is 2.34. The highest BCUT2D eigenvalue weighted by Gasteiger charge is 2.28. The molecule has 0 atom stereocenters. The average molecular weight is 413 g/mol. The van der Waals surface area contributed by atoms with Crippen molar-refractivity contribution in [3.8, 4) is 17.1 Å². The number of fused-ring (bicyclic) bond motifs is 1. The first-order valence-electron chi connectivity index (χ1n) is 9.44. The van der Waals surface area contributed by atoms with Gasteiger partial charge in [0.1, 0.15) is 11.4 Å². The molecule has 1 aliphatic heterocycles. The summed E-state index contributed by atoms with van der Waals surface area (Å²) in [6, 6.07) is 12.6. The molecule has 4 rings (SSSR count). The molecular weight excluding hydrogens is 390 g/mol. The number of rotatable bonds is 5. The van der Waals surface area contributed by atoms with Crippen molar-refractivity contribution in [2.75, 3.05) is 0 Å². The topological polar surface area (TPSA) is 94.3 Å². The van der Waals surface area contributed by atoms with E-state index in [2.05, 4.69) is 14.9 Å². The SMILES string of the molecule is Cc1ccccc1-c1noc(CNS(=O)(=O)c2ccc3c(c2)CCC(C)(C)O3)n1. The van der Waals surface area contributed by atoms with Crippen LogP contribution in [0.3, 0.4) is 0 Å². The van der Waals surface area contributed by atoms with Gasteiger partial charge in [0.15, 0.2) is 0 Å². The Hall–Kier alpha value is -2.71. The van der Waals surface area contributed by atoms with Crippen LogP contribution in [0.2, 0.25) is 0 Å². The summed E-state index contributed by atoms with van der Waals surface area (Å²) in [6.07, 6.45) is 1.61. The monoisotopic (exact) mass is 413 g/mol. The molecule has 3 aromatic rings. The summed E-state index contributed by atoms with van der Waals surface area (Å²) in [4.78, 5) is 4.49. The maximum absolute atomic E-state index is 12.7. The van der Waals surface area contributed by atoms with E-state index in [0.29, 0.717) is 5.82 Å². The van der Waals surface area contributed by atoms with Crippen molar-refractivity contribution in [2.45, 2.75) is 50.7 Å². The largest absolute Gasteiger partial charge is 0.488 e. The molecule has 152 valence electrons. The van der Waals surface area contributed by atoms with Crippen molar-refractivity contribution in [1.82, 2.24) is 14.9 Å². The van der Waals surface area contributed by atoms with Gasteiger partial charge in [-0.3, -0.25) is 0 Å². The molecule has 1 aliphatic rings. The first-order valence-corrected chi connectivity index (χ1v) is 10.9. The quantitative estimate of drug-likeness (QED) is 0.686. The molecule has 1 N–H and O–H groups in total. The van der Waals surface area contributed by atoms with Gasteiger partial charge in [0.2, 0.25) is 21.7 Å². The van der Waals surface area contributed by atoms with Gasteiger partial charge >= 0.3 is 0 Å². The number of hydrogen-bond acceptors (Lipinski definition) is 6. The number of benzene rings is 2. The van der Waals surface area contributed by atoms with E-state index < -0.39 is 10.0 Å². The van der Waals surface area contributed by atoms with Crippen LogP contribution in [0.1, 0.15) is 37.3 Å². The molecule has 0 saturated carbocycles. The van der Waals surface area contributed by atoms with Crippen molar-refractivity contribution in [1.29, 1.82) is 0 Å². The maximum atomic E-state index is 12.7. The van der Waals surface area contributed by atoms with Crippen molar-refractivity contribution in [2.24, 2.45) is 0 Å². The molecular formula is C21H23N3O4S. The zero-order chi connectivity index (χ0) is 20.6. The molecule has 1 aromatic heterocycles. The molecule has 2 aromatic carbocycles. The van der Waals surface area contributed by atoms with E-state index in [4.69, 9.17) is 9.26 Å². The van der Waals surface area contributed by atoms with Crippen LogP contribution in [0.4, 0.5) is 0 Å². The maximum Gasteiger partial charge on any atom is 0.242 e. The van der Waals surface area contributed by atoms with Gasteiger partial charge in [-0.1, -0.05) is 29.4 Å². The van der Waals surface area contributed by atoms with Gasteiger partial charge in [-0.25, -0.2) is 13.1 Å². The van der Waals surface area contributed by atoms with Crippen LogP contribution in [0, 0.1) is 6.92 Å². The van der Waals surface area contributed by atoms with Crippen molar-refractivity contribution in [3.05, 3.63) is 59.5 Å². The lowest BCUT2D eigenvalue weighted by Crippen LogP contribution is -2.32. The van der Waals surface area contributed by atoms with Crippen LogP contribution in [0.15, 0.2) is 51.9 Å². The Morgan fingerprint density at radius 3 is 2.76 bits per heavy atom. The number of sulfonamides is 1. The molecule has 0 radical (unpaired) electrons. The van der Waals surface area contributed by atoms with Crippen LogP contribution in [0.5, 0.6) is 5.75 Å². The Morgan fingerprint density at radius 1 is 1.17 bits per heavy atom. The van der Waals surface area contributed by atoms with Gasteiger partial charge in [-0.05, 0) is 62.9 Å². The Balaban J connectivity index is 1.48. The second kappa shape index (κ2) is 7.27. The lowest BCUT2D eigenvalue weighted by Gasteiger charge is -2.32. The highest BCUT2D eigenvalue weighted by molar-refractivity contribution is 7.89. The molecule has 0 spiro atoms. The fourth-order valence-corrected chi connectivity index (χ4v) is 4.33. The molecule has 0 aliphatic carbocycles. The number of ether oxygens (including phenoxy) is 1. The second-order valence-electron chi connectivity index (χ2n) is 7.78. The molecule has 0 amide bonds. The summed E-state index contributed by atoms with van der Waals surface area (Å²) in [5.41, 5.74) is 2.52. The first-order chi connectivity index (χ1) is 13.7. The Labute approximate surface area is 170 Å². The predicted octanol–water partition coefficient (Wildman–Crippen LogP) is 3.63. The Morgan fingerprint density at radius 2 is 1.97 bits per heavy atom. The van der Waals surface area contributed by atoms with Crippen molar-refractivity contribution in [3.63, 3.8) is 0 Å². The summed E-state index contributed by atoms with van der Waals surface area (Å²) in [7, 11) is -3.72. The average Bonchev–Trinajstić information content (AvgIpc) is 3.14. The van der Waals surface area contributed by atoms with E-state index in [1.54, 1.807) is 18.2 Å². The summed E-state index contributed by atoms with van der Waals surface area (Å²) < 4.78 is 39.1. The minimum Gasteiger partial charge on any atom is -0.488 e. The Bertz CT molecular complexity index is 1150. The van der Waals surface area contributed by atoms with Gasteiger partial charge in [0.05, 0.1) is 11.4 Å². The van der Waals surface area contributed by atoms with E-state index in [9.17, 15) is 8.42 Å². The van der Waals surface area contributed by atoms with Gasteiger partial charge < -0.3 is 9.26 Å². The molecule has 0 saturated heterocycles. The molecule has 0 bridgehead atoms. The van der Waals surface area contributed by atoms with E-state index in [0.717, 1.165) is 35.3 Å². The molecule has 0 fully saturated rings. The molecule has 7 nitrogen and oxygen atoms in total. The van der Waals surface area contributed by atoms with Crippen molar-refractivity contribution >= 4 is 10.0 Å². The predicted molar refractivity (Wildman–Crippen MR) is 108 cm³/mol. The number of nitrogens with zero attached hydrogens (tertiary/aromatic N) is 2. The minimum atomic E-state index is -3.72. The second-order valence-corrected chi connectivity index (χ2v) is 9.55. The minimum absolute atomic E-state index is 0.0815. The van der Waals surface area contributed by atoms with Crippen LogP contribution < -0.4 is 9.46 Å². The third-order valence-corrected chi connectivity index (χ3v) is 6.39. The number of hydrogen-bond donors (Lipinski definition) is 1. The third-order valence-electron chi connectivity index (χ3n) is 4.99. The fraction of sp³-hybridized carbons (Fsp3) is 0.333. The van der Waals surface area contributed by atoms with E-state index in [1.165, 1.54) is 0 Å². The van der Waals surface area contributed by atoms with Crippen LogP contribution >= 0.6 is 0 Å². The zero-order valence-electron chi connectivity index (χ0n) is 16.6. The van der Waals surface area contributed by atoms with Gasteiger partial charge in [-0.15, -0.1) is 0 Å². The van der Waals surface area contributed by atoms with Gasteiger partial charge in [0, 0.05) is 5.56 Å². The number of nitrogens with one attached hydrogen (secondary N) is 1. The summed E-state index contributed by atoms with van der Waals surface area (Å²) >= 11 is 0. The lowest BCUT2D eigenvalue weighted by atomic mass is 9.94. The zero-order valence-corrected chi connectivity index (χ0v) is 17.4. The molecule has 0 unspecified atom stereocenters. The lowest BCUT2D eigenvalue weighted by molar-refractivity contribution is 0.0845. The number of aromatic nitrogens is 2. The summed E-state index contributed by atoms with van der Waals surface area (Å²) in [5.74, 6) is 1.38. The fourth-order valence-electron chi connectivity index (χ4n) is 3.30. The highest BCUT2D eigenvalue weighted by atomic mass is 32.2. The standard InChI is InChI=1S/C21H23N3O4S/c1-14-6-4-5-7-17(14)20-23-19(28-24-20)13-22-29(25,26)16-8-9-18-15(12-16)10-11-21(2,3)27-18/h4-9,12,22H,10-11,13H2,1-3H3. The van der Waals surface area contributed by atoms with Gasteiger partial charge in [-0.2, -0.15) is 4.98 Å². The smallest absolute Gasteiger partial charge is 0.242 e. The Kier molecular flexibility index (Phi) is 4.92. The van der Waals surface area contributed by atoms with E-state index >= 15 is 0 Å². The number of aryl methyl sites for hydroxylation is 2. The molecule has 2 heterocycles.